The average molecular weight is 506 g/mol. The summed E-state index contributed by atoms with van der Waals surface area (Å²) in [5.41, 5.74) is 9.95. The van der Waals surface area contributed by atoms with Gasteiger partial charge in [0.05, 0.1) is 11.0 Å². The molecule has 0 saturated carbocycles. The fourth-order valence-corrected chi connectivity index (χ4v) is 4.60. The zero-order valence-electron chi connectivity index (χ0n) is 22.2. The molecule has 1 atom stereocenters. The minimum absolute atomic E-state index is 0.0867. The number of anilines is 1. The minimum atomic E-state index is -0.0867. The smallest absolute Gasteiger partial charge is 0.319 e. The Morgan fingerprint density at radius 1 is 1.27 bits per heavy atom. The lowest BCUT2D eigenvalue weighted by molar-refractivity contribution is 0.147. The molecule has 198 valence electrons. The monoisotopic (exact) mass is 505 g/mol. The van der Waals surface area contributed by atoms with Gasteiger partial charge in [-0.1, -0.05) is 13.8 Å². The summed E-state index contributed by atoms with van der Waals surface area (Å²) in [6.07, 6.45) is 9.33. The van der Waals surface area contributed by atoms with Crippen LogP contribution in [0.5, 0.6) is 0 Å². The van der Waals surface area contributed by atoms with Gasteiger partial charge >= 0.3 is 6.03 Å². The number of likely N-dealkylation sites (tertiary alicyclic amines) is 1. The van der Waals surface area contributed by atoms with E-state index in [4.69, 9.17) is 10.4 Å². The number of amides is 2. The second kappa shape index (κ2) is 12.1. The van der Waals surface area contributed by atoms with E-state index in [-0.39, 0.29) is 11.9 Å². The highest BCUT2D eigenvalue weighted by Gasteiger charge is 2.23. The fraction of sp³-hybridized carbons (Fsp3) is 0.481. The predicted molar refractivity (Wildman–Crippen MR) is 148 cm³/mol. The first-order valence-corrected chi connectivity index (χ1v) is 13.0. The third-order valence-corrected chi connectivity index (χ3v) is 6.94. The molecule has 2 amide bonds. The number of hydrogen-bond donors (Lipinski definition) is 5. The second-order valence-corrected chi connectivity index (χ2v) is 10.3. The van der Waals surface area contributed by atoms with Crippen LogP contribution in [0, 0.1) is 17.2 Å². The Labute approximate surface area is 219 Å². The number of fused-ring (bicyclic) bond motifs is 1. The van der Waals surface area contributed by atoms with Crippen LogP contribution >= 0.6 is 0 Å². The summed E-state index contributed by atoms with van der Waals surface area (Å²) < 4.78 is 0. The summed E-state index contributed by atoms with van der Waals surface area (Å²) in [5.74, 6) is 2.41. The van der Waals surface area contributed by atoms with Crippen molar-refractivity contribution in [2.24, 2.45) is 11.8 Å². The number of hydrogen-bond acceptors (Lipinski definition) is 8. The Morgan fingerprint density at radius 3 is 2.76 bits per heavy atom. The van der Waals surface area contributed by atoms with E-state index in [9.17, 15) is 4.79 Å². The normalized spacial score (nSPS) is 16.9. The predicted octanol–water partition coefficient (Wildman–Crippen LogP) is 3.25. The highest BCUT2D eigenvalue weighted by Crippen LogP contribution is 2.22. The molecule has 2 aromatic rings. The van der Waals surface area contributed by atoms with Crippen molar-refractivity contribution in [3.63, 3.8) is 0 Å². The molecule has 10 heteroatoms. The van der Waals surface area contributed by atoms with Crippen LogP contribution in [-0.2, 0) is 0 Å². The number of rotatable bonds is 9. The third-order valence-electron chi connectivity index (χ3n) is 6.94. The van der Waals surface area contributed by atoms with Crippen molar-refractivity contribution >= 4 is 29.1 Å². The van der Waals surface area contributed by atoms with Gasteiger partial charge in [-0.3, -0.25) is 10.4 Å². The van der Waals surface area contributed by atoms with E-state index in [2.05, 4.69) is 46.4 Å². The van der Waals surface area contributed by atoms with Gasteiger partial charge in [-0.2, -0.15) is 0 Å². The SMILES string of the molecule is CC(C)C1=CNNC(Nc2ccc3ncc(C(C=N)CNCC4CCN(C(=O)N(C)C)CC4)cc3n2)=C1. The van der Waals surface area contributed by atoms with Crippen LogP contribution in [0.25, 0.3) is 11.0 Å². The molecular weight excluding hydrogens is 466 g/mol. The van der Waals surface area contributed by atoms with Gasteiger partial charge in [-0.15, -0.1) is 0 Å². The zero-order valence-corrected chi connectivity index (χ0v) is 22.2. The summed E-state index contributed by atoms with van der Waals surface area (Å²) in [5, 5.41) is 14.9. The number of piperidine rings is 1. The first-order valence-electron chi connectivity index (χ1n) is 13.0. The van der Waals surface area contributed by atoms with E-state index < -0.39 is 0 Å². The molecule has 37 heavy (non-hydrogen) atoms. The van der Waals surface area contributed by atoms with Gasteiger partial charge in [-0.05, 0) is 66.6 Å². The van der Waals surface area contributed by atoms with Crippen molar-refractivity contribution in [3.8, 4) is 0 Å². The lowest BCUT2D eigenvalue weighted by atomic mass is 9.96. The lowest BCUT2D eigenvalue weighted by Crippen LogP contribution is -2.45. The summed E-state index contributed by atoms with van der Waals surface area (Å²) in [6, 6.07) is 5.98. The van der Waals surface area contributed by atoms with Crippen molar-refractivity contribution < 1.29 is 4.79 Å². The van der Waals surface area contributed by atoms with E-state index in [0.29, 0.717) is 18.4 Å². The van der Waals surface area contributed by atoms with Crippen LogP contribution in [-0.4, -0.2) is 72.3 Å². The summed E-state index contributed by atoms with van der Waals surface area (Å²) in [6.45, 7) is 7.44. The van der Waals surface area contributed by atoms with Crippen LogP contribution in [0.1, 0.15) is 38.2 Å². The maximum absolute atomic E-state index is 12.1. The fourth-order valence-electron chi connectivity index (χ4n) is 4.60. The molecule has 10 nitrogen and oxygen atoms in total. The molecule has 4 heterocycles. The van der Waals surface area contributed by atoms with E-state index >= 15 is 0 Å². The second-order valence-electron chi connectivity index (χ2n) is 10.3. The van der Waals surface area contributed by atoms with Crippen LogP contribution in [0.15, 0.2) is 48.1 Å². The largest absolute Gasteiger partial charge is 0.331 e. The Balaban J connectivity index is 1.34. The highest BCUT2D eigenvalue weighted by molar-refractivity contribution is 5.78. The van der Waals surface area contributed by atoms with Crippen LogP contribution in [0.2, 0.25) is 0 Å². The molecule has 4 rings (SSSR count). The number of hydrazine groups is 1. The average Bonchev–Trinajstić information content (AvgIpc) is 2.91. The van der Waals surface area contributed by atoms with Gasteiger partial charge in [0.15, 0.2) is 0 Å². The Bertz CT molecular complexity index is 1170. The van der Waals surface area contributed by atoms with E-state index in [1.165, 1.54) is 11.8 Å². The van der Waals surface area contributed by atoms with Crippen molar-refractivity contribution in [3.05, 3.63) is 53.6 Å². The molecule has 2 aliphatic rings. The third kappa shape index (κ3) is 6.76. The topological polar surface area (TPSA) is 121 Å². The number of nitrogens with zero attached hydrogens (tertiary/aromatic N) is 4. The molecule has 1 fully saturated rings. The molecule has 0 bridgehead atoms. The number of aromatic nitrogens is 2. The van der Waals surface area contributed by atoms with Gasteiger partial charge in [-0.25, -0.2) is 9.78 Å². The number of urea groups is 1. The number of allylic oxidation sites excluding steroid dienone is 2. The number of carbonyl (C=O) groups excluding carboxylic acids is 1. The molecule has 1 saturated heterocycles. The highest BCUT2D eigenvalue weighted by atomic mass is 16.2. The first kappa shape index (κ1) is 26.4. The molecule has 0 aliphatic carbocycles. The van der Waals surface area contributed by atoms with Crippen LogP contribution in [0.3, 0.4) is 0 Å². The number of pyridine rings is 2. The first-order chi connectivity index (χ1) is 17.8. The number of carbonyl (C=O) groups is 1. The maximum Gasteiger partial charge on any atom is 0.319 e. The van der Waals surface area contributed by atoms with Crippen molar-refractivity contribution in [2.45, 2.75) is 32.6 Å². The standard InChI is InChI=1S/C27H39N9O/c1-18(2)20-12-26(34-31-17-20)33-25-6-5-23-24(32-25)11-21(16-30-23)22(13-28)15-29-14-19-7-9-36(10-8-19)27(37)35(3)4/h5-6,11-13,16-19,22,28-29,31,34H,7-10,14-15H2,1-4H3,(H,32,33). The van der Waals surface area contributed by atoms with Crippen molar-refractivity contribution in [1.29, 1.82) is 5.41 Å². The maximum atomic E-state index is 12.1. The van der Waals surface area contributed by atoms with Gasteiger partial charge in [0.1, 0.15) is 11.6 Å². The molecule has 0 radical (unpaired) electrons. The molecule has 2 aliphatic heterocycles. The number of nitrogens with one attached hydrogen (secondary N) is 5. The minimum Gasteiger partial charge on any atom is -0.331 e. The van der Waals surface area contributed by atoms with Crippen LogP contribution < -0.4 is 21.5 Å². The van der Waals surface area contributed by atoms with E-state index in [1.54, 1.807) is 19.0 Å². The lowest BCUT2D eigenvalue weighted by Gasteiger charge is -2.33. The molecule has 2 aromatic heterocycles. The molecule has 0 spiro atoms. The summed E-state index contributed by atoms with van der Waals surface area (Å²) >= 11 is 0. The van der Waals surface area contributed by atoms with E-state index in [0.717, 1.165) is 60.7 Å². The van der Waals surface area contributed by atoms with E-state index in [1.807, 2.05) is 35.5 Å². The molecule has 0 aromatic carbocycles. The Kier molecular flexibility index (Phi) is 8.60. The quantitative estimate of drug-likeness (QED) is 0.332. The Morgan fingerprint density at radius 2 is 2.05 bits per heavy atom. The zero-order chi connectivity index (χ0) is 26.4. The summed E-state index contributed by atoms with van der Waals surface area (Å²) in [7, 11) is 3.59. The van der Waals surface area contributed by atoms with Crippen molar-refractivity contribution in [1.82, 2.24) is 35.9 Å². The molecule has 1 unspecified atom stereocenters. The molecular formula is C27H39N9O. The van der Waals surface area contributed by atoms with Gasteiger partial charge in [0.25, 0.3) is 0 Å². The van der Waals surface area contributed by atoms with Gasteiger partial charge in [0.2, 0.25) is 0 Å². The van der Waals surface area contributed by atoms with Gasteiger partial charge < -0.3 is 31.3 Å². The molecule has 5 N–H and O–H groups in total. The van der Waals surface area contributed by atoms with Gasteiger partial charge in [0, 0.05) is 58.3 Å². The Hall–Kier alpha value is -3.66. The van der Waals surface area contributed by atoms with Crippen molar-refractivity contribution in [2.75, 3.05) is 45.6 Å². The summed E-state index contributed by atoms with van der Waals surface area (Å²) in [4.78, 5) is 25.1. The van der Waals surface area contributed by atoms with Crippen LogP contribution in [0.4, 0.5) is 10.6 Å².